The van der Waals surface area contributed by atoms with Crippen molar-refractivity contribution in [1.29, 1.82) is 0 Å². The summed E-state index contributed by atoms with van der Waals surface area (Å²) in [7, 11) is 0. The molecule has 0 amide bonds. The molecule has 1 aromatic carbocycles. The van der Waals surface area contributed by atoms with Crippen molar-refractivity contribution in [3.05, 3.63) is 33.8 Å². The summed E-state index contributed by atoms with van der Waals surface area (Å²) in [5.74, 6) is 0. The topological polar surface area (TPSA) is 29.5 Å². The zero-order valence-electron chi connectivity index (χ0n) is 9.46. The summed E-state index contributed by atoms with van der Waals surface area (Å²) in [5.41, 5.74) is -0.00738. The second-order valence-electron chi connectivity index (χ2n) is 3.86. The van der Waals surface area contributed by atoms with Crippen molar-refractivity contribution in [2.45, 2.75) is 25.9 Å². The molecule has 90 valence electrons. The molecule has 0 spiro atoms. The van der Waals surface area contributed by atoms with E-state index < -0.39 is 5.60 Å². The minimum Gasteiger partial charge on any atom is -0.393 e. The number of hydrogen-bond acceptors (Lipinski definition) is 2. The van der Waals surface area contributed by atoms with E-state index in [1.807, 2.05) is 13.8 Å². The van der Waals surface area contributed by atoms with Gasteiger partial charge in [0.25, 0.3) is 0 Å². The number of hydrogen-bond donors (Lipinski definition) is 1. The Hall–Kier alpha value is -0.280. The van der Waals surface area contributed by atoms with Crippen molar-refractivity contribution in [3.8, 4) is 0 Å². The molecule has 0 saturated heterocycles. The highest BCUT2D eigenvalue weighted by Gasteiger charge is 2.28. The fourth-order valence-corrected chi connectivity index (χ4v) is 2.06. The smallest absolute Gasteiger partial charge is 0.115 e. The highest BCUT2D eigenvalue weighted by Crippen LogP contribution is 2.32. The maximum Gasteiger partial charge on any atom is 0.115 e. The van der Waals surface area contributed by atoms with E-state index in [-0.39, 0.29) is 6.61 Å². The van der Waals surface area contributed by atoms with Crippen LogP contribution in [0.15, 0.2) is 18.2 Å². The SMILES string of the molecule is CCCOC(C)(CO)c1ccc(Cl)cc1Cl. The summed E-state index contributed by atoms with van der Waals surface area (Å²) >= 11 is 11.9. The summed E-state index contributed by atoms with van der Waals surface area (Å²) in [5, 5.41) is 10.5. The van der Waals surface area contributed by atoms with Crippen LogP contribution in [0.4, 0.5) is 0 Å². The Bertz CT molecular complexity index is 355. The lowest BCUT2D eigenvalue weighted by atomic mass is 9.96. The zero-order valence-corrected chi connectivity index (χ0v) is 11.0. The molecule has 1 aromatic rings. The van der Waals surface area contributed by atoms with Crippen LogP contribution < -0.4 is 0 Å². The molecule has 1 unspecified atom stereocenters. The Morgan fingerprint density at radius 2 is 2.06 bits per heavy atom. The molecule has 0 saturated carbocycles. The third kappa shape index (κ3) is 3.11. The number of rotatable bonds is 5. The van der Waals surface area contributed by atoms with Gasteiger partial charge in [-0.15, -0.1) is 0 Å². The lowest BCUT2D eigenvalue weighted by molar-refractivity contribution is -0.0716. The van der Waals surface area contributed by atoms with Crippen molar-refractivity contribution in [3.63, 3.8) is 0 Å². The fraction of sp³-hybridized carbons (Fsp3) is 0.500. The summed E-state index contributed by atoms with van der Waals surface area (Å²) in [4.78, 5) is 0. The molecule has 0 aromatic heterocycles. The number of ether oxygens (including phenoxy) is 1. The molecule has 1 atom stereocenters. The van der Waals surface area contributed by atoms with Gasteiger partial charge in [-0.1, -0.05) is 36.2 Å². The van der Waals surface area contributed by atoms with Crippen LogP contribution in [0.2, 0.25) is 10.0 Å². The minimum absolute atomic E-state index is 0.117. The molecule has 0 aliphatic rings. The van der Waals surface area contributed by atoms with E-state index in [0.29, 0.717) is 16.7 Å². The van der Waals surface area contributed by atoms with Crippen molar-refractivity contribution < 1.29 is 9.84 Å². The number of halogens is 2. The molecule has 1 N–H and O–H groups in total. The van der Waals surface area contributed by atoms with E-state index in [1.165, 1.54) is 0 Å². The van der Waals surface area contributed by atoms with Gasteiger partial charge in [0, 0.05) is 22.2 Å². The summed E-state index contributed by atoms with van der Waals surface area (Å²) < 4.78 is 5.66. The van der Waals surface area contributed by atoms with E-state index in [0.717, 1.165) is 12.0 Å². The highest BCUT2D eigenvalue weighted by molar-refractivity contribution is 6.35. The second-order valence-corrected chi connectivity index (χ2v) is 4.71. The minimum atomic E-state index is -0.766. The van der Waals surface area contributed by atoms with Gasteiger partial charge in [-0.3, -0.25) is 0 Å². The van der Waals surface area contributed by atoms with Crippen LogP contribution in [-0.4, -0.2) is 18.3 Å². The molecule has 1 rings (SSSR count). The van der Waals surface area contributed by atoms with Crippen LogP contribution >= 0.6 is 23.2 Å². The van der Waals surface area contributed by atoms with Gasteiger partial charge in [0.1, 0.15) is 5.60 Å². The molecule has 0 radical (unpaired) electrons. The number of aliphatic hydroxyl groups excluding tert-OH is 1. The van der Waals surface area contributed by atoms with Crippen molar-refractivity contribution in [2.75, 3.05) is 13.2 Å². The van der Waals surface area contributed by atoms with E-state index >= 15 is 0 Å². The van der Waals surface area contributed by atoms with E-state index in [9.17, 15) is 5.11 Å². The second kappa shape index (κ2) is 5.87. The first kappa shape index (κ1) is 13.8. The lowest BCUT2D eigenvalue weighted by Crippen LogP contribution is -2.31. The van der Waals surface area contributed by atoms with E-state index in [2.05, 4.69) is 0 Å². The van der Waals surface area contributed by atoms with Crippen LogP contribution in [0, 0.1) is 0 Å². The Kier molecular flexibility index (Phi) is 5.06. The van der Waals surface area contributed by atoms with Crippen LogP contribution in [0.5, 0.6) is 0 Å². The normalized spacial score (nSPS) is 14.8. The fourth-order valence-electron chi connectivity index (χ4n) is 1.45. The average Bonchev–Trinajstić information content (AvgIpc) is 2.26. The maximum atomic E-state index is 9.44. The molecular weight excluding hydrogens is 247 g/mol. The van der Waals surface area contributed by atoms with Gasteiger partial charge in [0.2, 0.25) is 0 Å². The van der Waals surface area contributed by atoms with Crippen molar-refractivity contribution in [1.82, 2.24) is 0 Å². The molecule has 0 heterocycles. The summed E-state index contributed by atoms with van der Waals surface area (Å²) in [6.45, 7) is 4.30. The van der Waals surface area contributed by atoms with Gasteiger partial charge in [-0.2, -0.15) is 0 Å². The van der Waals surface area contributed by atoms with E-state index in [1.54, 1.807) is 18.2 Å². The first-order valence-corrected chi connectivity index (χ1v) is 5.99. The largest absolute Gasteiger partial charge is 0.393 e. The molecule has 0 aliphatic heterocycles. The molecular formula is C12H16Cl2O2. The van der Waals surface area contributed by atoms with Crippen LogP contribution in [0.25, 0.3) is 0 Å². The first-order valence-electron chi connectivity index (χ1n) is 5.24. The van der Waals surface area contributed by atoms with Crippen molar-refractivity contribution >= 4 is 23.2 Å². The average molecular weight is 263 g/mol. The molecule has 16 heavy (non-hydrogen) atoms. The Labute approximate surface area is 106 Å². The first-order chi connectivity index (χ1) is 7.53. The molecule has 0 fully saturated rings. The Balaban J connectivity index is 3.02. The van der Waals surface area contributed by atoms with Gasteiger partial charge in [-0.25, -0.2) is 0 Å². The van der Waals surface area contributed by atoms with Gasteiger partial charge in [0.05, 0.1) is 6.61 Å². The maximum absolute atomic E-state index is 9.44. The predicted octanol–water partition coefficient (Wildman–Crippen LogP) is 3.63. The van der Waals surface area contributed by atoms with Crippen LogP contribution in [0.1, 0.15) is 25.8 Å². The summed E-state index contributed by atoms with van der Waals surface area (Å²) in [6.07, 6.45) is 0.890. The Morgan fingerprint density at radius 1 is 1.38 bits per heavy atom. The quantitative estimate of drug-likeness (QED) is 0.879. The molecule has 0 aliphatic carbocycles. The molecule has 2 nitrogen and oxygen atoms in total. The number of aliphatic hydroxyl groups is 1. The van der Waals surface area contributed by atoms with Gasteiger partial charge >= 0.3 is 0 Å². The highest BCUT2D eigenvalue weighted by atomic mass is 35.5. The van der Waals surface area contributed by atoms with Crippen LogP contribution in [-0.2, 0) is 10.3 Å². The standard InChI is InChI=1S/C12H16Cl2O2/c1-3-6-16-12(2,8-15)10-5-4-9(13)7-11(10)14/h4-5,7,15H,3,6,8H2,1-2H3. The third-order valence-electron chi connectivity index (χ3n) is 2.43. The predicted molar refractivity (Wildman–Crippen MR) is 67.1 cm³/mol. The van der Waals surface area contributed by atoms with Gasteiger partial charge < -0.3 is 9.84 Å². The van der Waals surface area contributed by atoms with Gasteiger partial charge in [0.15, 0.2) is 0 Å². The Morgan fingerprint density at radius 3 is 2.56 bits per heavy atom. The van der Waals surface area contributed by atoms with Crippen molar-refractivity contribution in [2.24, 2.45) is 0 Å². The molecule has 0 bridgehead atoms. The monoisotopic (exact) mass is 262 g/mol. The van der Waals surface area contributed by atoms with Gasteiger partial charge in [-0.05, 0) is 25.5 Å². The van der Waals surface area contributed by atoms with E-state index in [4.69, 9.17) is 27.9 Å². The molecule has 4 heteroatoms. The lowest BCUT2D eigenvalue weighted by Gasteiger charge is -2.29. The zero-order chi connectivity index (χ0) is 12.2. The summed E-state index contributed by atoms with van der Waals surface area (Å²) in [6, 6.07) is 5.18. The number of benzene rings is 1. The third-order valence-corrected chi connectivity index (χ3v) is 2.98. The van der Waals surface area contributed by atoms with Crippen LogP contribution in [0.3, 0.4) is 0 Å².